The Morgan fingerprint density at radius 2 is 2.67 bits per heavy atom. The lowest BCUT2D eigenvalue weighted by Gasteiger charge is -1.65. The van der Waals surface area contributed by atoms with Gasteiger partial charge in [-0.25, -0.2) is 4.98 Å². The Bertz CT molecular complexity index is 110. The Hall–Kier alpha value is -0.860. The molecule has 0 aliphatic rings. The highest BCUT2D eigenvalue weighted by Gasteiger charge is 1.75. The maximum Gasteiger partial charge on any atom is 0.137 e. The lowest BCUT2D eigenvalue weighted by molar-refractivity contribution is 1.07. The van der Waals surface area contributed by atoms with Crippen LogP contribution in [0.3, 0.4) is 0 Å². The highest BCUT2D eigenvalue weighted by molar-refractivity contribution is 4.81. The van der Waals surface area contributed by atoms with E-state index in [1.807, 2.05) is 0 Å². The minimum absolute atomic E-state index is 0.606. The number of hydrogen-bond acceptors (Lipinski definition) is 2. The Morgan fingerprint density at radius 3 is 2.83 bits per heavy atom. The third-order valence-electron chi connectivity index (χ3n) is 0.465. The van der Waals surface area contributed by atoms with Crippen LogP contribution in [0.15, 0.2) is 6.33 Å². The number of rotatable bonds is 0. The van der Waals surface area contributed by atoms with Crippen LogP contribution < -0.4 is 0 Å². The van der Waals surface area contributed by atoms with Gasteiger partial charge in [0.15, 0.2) is 0 Å². The van der Waals surface area contributed by atoms with Crippen molar-refractivity contribution < 1.29 is 0 Å². The summed E-state index contributed by atoms with van der Waals surface area (Å²) in [4.78, 5) is 3.64. The fourth-order valence-electron chi connectivity index (χ4n) is 0.231. The van der Waals surface area contributed by atoms with E-state index < -0.39 is 0 Å². The van der Waals surface area contributed by atoms with Crippen LogP contribution in [0.25, 0.3) is 0 Å². The predicted molar refractivity (Wildman–Crippen MR) is 20.8 cm³/mol. The van der Waals surface area contributed by atoms with Gasteiger partial charge >= 0.3 is 0 Å². The fourth-order valence-corrected chi connectivity index (χ4v) is 0.231. The number of nitrogens with one attached hydrogen (secondary N) is 1. The molecule has 0 spiro atoms. The molecule has 0 saturated heterocycles. The number of aromatic nitrogens is 3. The Labute approximate surface area is 35.4 Å². The molecule has 0 aromatic carbocycles. The summed E-state index contributed by atoms with van der Waals surface area (Å²) in [5.74, 6) is 0.606. The maximum absolute atomic E-state index is 3.64. The zero-order chi connectivity index (χ0) is 4.41. The molecule has 1 N–H and O–H groups in total. The Kier molecular flexibility index (Phi) is 0.602. The maximum atomic E-state index is 3.64. The lowest BCUT2D eigenvalue weighted by atomic mass is 10.8. The number of H-pyrrole nitrogens is 1. The summed E-state index contributed by atoms with van der Waals surface area (Å²) in [7, 11) is 0. The van der Waals surface area contributed by atoms with E-state index in [1.54, 1.807) is 0 Å². The molecule has 0 amide bonds. The second-order valence-corrected chi connectivity index (χ2v) is 0.932. The molecule has 0 aliphatic heterocycles. The molecule has 1 aromatic heterocycles. The second-order valence-electron chi connectivity index (χ2n) is 0.932. The molecule has 1 rings (SSSR count). The first-order valence-electron chi connectivity index (χ1n) is 1.57. The molecule has 0 unspecified atom stereocenters. The Balaban J connectivity index is 3.05. The van der Waals surface area contributed by atoms with Gasteiger partial charge in [0.25, 0.3) is 0 Å². The average molecular weight is 82.1 g/mol. The van der Waals surface area contributed by atoms with E-state index in [1.165, 1.54) is 6.33 Å². The average Bonchev–Trinajstić information content (AvgIpc) is 1.86. The predicted octanol–water partition coefficient (Wildman–Crippen LogP) is -0.0131. The van der Waals surface area contributed by atoms with Crippen molar-refractivity contribution in [3.8, 4) is 0 Å². The van der Waals surface area contributed by atoms with E-state index in [4.69, 9.17) is 0 Å². The number of hydrogen-bond donors (Lipinski definition) is 1. The van der Waals surface area contributed by atoms with Crippen LogP contribution in [0.2, 0.25) is 0 Å². The van der Waals surface area contributed by atoms with Gasteiger partial charge in [-0.15, -0.1) is 0 Å². The second kappa shape index (κ2) is 1.08. The van der Waals surface area contributed by atoms with Crippen molar-refractivity contribution in [1.29, 1.82) is 0 Å². The van der Waals surface area contributed by atoms with E-state index in [0.717, 1.165) is 0 Å². The monoisotopic (exact) mass is 82.0 g/mol. The molecule has 3 nitrogen and oxygen atoms in total. The van der Waals surface area contributed by atoms with Crippen LogP contribution in [0, 0.1) is 6.92 Å². The summed E-state index contributed by atoms with van der Waals surface area (Å²) in [6, 6.07) is 0. The van der Waals surface area contributed by atoms with Gasteiger partial charge in [-0.3, -0.25) is 5.10 Å². The summed E-state index contributed by atoms with van der Waals surface area (Å²) in [5, 5.41) is 6.05. The van der Waals surface area contributed by atoms with E-state index in [2.05, 4.69) is 22.1 Å². The van der Waals surface area contributed by atoms with Crippen molar-refractivity contribution in [1.82, 2.24) is 15.2 Å². The highest BCUT2D eigenvalue weighted by atomic mass is 15.2. The van der Waals surface area contributed by atoms with Crippen LogP contribution in [0.4, 0.5) is 0 Å². The van der Waals surface area contributed by atoms with Gasteiger partial charge in [-0.1, -0.05) is 0 Å². The van der Waals surface area contributed by atoms with Gasteiger partial charge < -0.3 is 0 Å². The van der Waals surface area contributed by atoms with Crippen molar-refractivity contribution in [3.05, 3.63) is 19.1 Å². The van der Waals surface area contributed by atoms with Crippen LogP contribution in [0.5, 0.6) is 0 Å². The van der Waals surface area contributed by atoms with Gasteiger partial charge in [0.2, 0.25) is 0 Å². The third kappa shape index (κ3) is 0.381. The zero-order valence-corrected chi connectivity index (χ0v) is 3.18. The van der Waals surface area contributed by atoms with Crippen molar-refractivity contribution in [2.24, 2.45) is 0 Å². The van der Waals surface area contributed by atoms with Crippen LogP contribution in [0.1, 0.15) is 5.82 Å². The summed E-state index contributed by atoms with van der Waals surface area (Å²) in [6.07, 6.45) is 1.42. The first-order chi connectivity index (χ1) is 2.89. The van der Waals surface area contributed by atoms with Crippen LogP contribution in [-0.4, -0.2) is 15.2 Å². The van der Waals surface area contributed by atoms with Crippen molar-refractivity contribution in [3.63, 3.8) is 0 Å². The van der Waals surface area contributed by atoms with E-state index in [-0.39, 0.29) is 0 Å². The van der Waals surface area contributed by atoms with Crippen LogP contribution >= 0.6 is 0 Å². The Morgan fingerprint density at radius 1 is 1.83 bits per heavy atom. The summed E-state index contributed by atoms with van der Waals surface area (Å²) in [5.41, 5.74) is 0. The molecule has 0 atom stereocenters. The largest absolute Gasteiger partial charge is 0.263 e. The smallest absolute Gasteiger partial charge is 0.137 e. The van der Waals surface area contributed by atoms with Crippen molar-refractivity contribution in [2.45, 2.75) is 0 Å². The van der Waals surface area contributed by atoms with Gasteiger partial charge in [0, 0.05) is 6.92 Å². The van der Waals surface area contributed by atoms with E-state index >= 15 is 0 Å². The molecule has 6 heavy (non-hydrogen) atoms. The number of aromatic amines is 1. The van der Waals surface area contributed by atoms with Gasteiger partial charge in [-0.2, -0.15) is 5.10 Å². The molecule has 1 radical (unpaired) electrons. The third-order valence-corrected chi connectivity index (χ3v) is 0.465. The van der Waals surface area contributed by atoms with Gasteiger partial charge in [0.05, 0.1) is 0 Å². The minimum Gasteiger partial charge on any atom is -0.263 e. The topological polar surface area (TPSA) is 41.6 Å². The van der Waals surface area contributed by atoms with Crippen molar-refractivity contribution >= 4 is 0 Å². The molecule has 1 heterocycles. The van der Waals surface area contributed by atoms with Gasteiger partial charge in [-0.05, 0) is 0 Å². The lowest BCUT2D eigenvalue weighted by Crippen LogP contribution is -1.68. The molecular formula is C3H4N3. The molecule has 3 heteroatoms. The first kappa shape index (κ1) is 3.33. The zero-order valence-electron chi connectivity index (χ0n) is 3.18. The minimum atomic E-state index is 0.606. The summed E-state index contributed by atoms with van der Waals surface area (Å²) >= 11 is 0. The molecule has 31 valence electrons. The molecular weight excluding hydrogens is 78.1 g/mol. The summed E-state index contributed by atoms with van der Waals surface area (Å²) < 4.78 is 0. The molecule has 0 bridgehead atoms. The number of nitrogens with zero attached hydrogens (tertiary/aromatic N) is 2. The standard InChI is InChI=1S/C3H4N3/c1-3-4-2-5-6-3/h2H,1H2,(H,4,5,6). The highest BCUT2D eigenvalue weighted by Crippen LogP contribution is 1.73. The normalized spacial score (nSPS) is 8.83. The summed E-state index contributed by atoms with van der Waals surface area (Å²) in [6.45, 7) is 3.45. The molecule has 0 aliphatic carbocycles. The SMILES string of the molecule is [CH2]c1ncn[nH]1. The molecule has 0 fully saturated rings. The molecule has 0 saturated carbocycles. The van der Waals surface area contributed by atoms with E-state index in [9.17, 15) is 0 Å². The first-order valence-corrected chi connectivity index (χ1v) is 1.57. The fraction of sp³-hybridized carbons (Fsp3) is 0. The quantitative estimate of drug-likeness (QED) is 0.478. The van der Waals surface area contributed by atoms with Gasteiger partial charge in [0.1, 0.15) is 12.2 Å². The van der Waals surface area contributed by atoms with Crippen molar-refractivity contribution in [2.75, 3.05) is 0 Å². The van der Waals surface area contributed by atoms with Crippen LogP contribution in [-0.2, 0) is 0 Å². The molecule has 1 aromatic rings. The van der Waals surface area contributed by atoms with E-state index in [0.29, 0.717) is 5.82 Å².